The Bertz CT molecular complexity index is 890. The minimum absolute atomic E-state index is 0.169. The Hall–Kier alpha value is -2.58. The number of ether oxygens (including phenoxy) is 2. The van der Waals surface area contributed by atoms with Crippen LogP contribution in [-0.2, 0) is 0 Å². The molecule has 8 nitrogen and oxygen atoms in total. The molecular formula is C20H27N5O3. The van der Waals surface area contributed by atoms with Crippen molar-refractivity contribution in [2.75, 3.05) is 32.1 Å². The highest BCUT2D eigenvalue weighted by Gasteiger charge is 2.27. The molecule has 0 saturated heterocycles. The van der Waals surface area contributed by atoms with Gasteiger partial charge in [0.25, 0.3) is 0 Å². The maximum absolute atomic E-state index is 12.7. The second-order valence-corrected chi connectivity index (χ2v) is 7.37. The van der Waals surface area contributed by atoms with E-state index in [1.165, 1.54) is 0 Å². The zero-order valence-corrected chi connectivity index (χ0v) is 16.1. The molecule has 1 aromatic carbocycles. The second kappa shape index (κ2) is 8.20. The summed E-state index contributed by atoms with van der Waals surface area (Å²) in [5, 5.41) is 6.43. The Morgan fingerprint density at radius 3 is 2.89 bits per heavy atom. The van der Waals surface area contributed by atoms with Gasteiger partial charge in [-0.2, -0.15) is 4.98 Å². The number of hydrogen-bond donors (Lipinski definition) is 3. The number of hydrogen-bond acceptors (Lipinski definition) is 7. The Morgan fingerprint density at radius 1 is 1.32 bits per heavy atom. The maximum atomic E-state index is 12.7. The highest BCUT2D eigenvalue weighted by Crippen LogP contribution is 2.45. The van der Waals surface area contributed by atoms with Crippen LogP contribution in [0, 0.1) is 5.92 Å². The highest BCUT2D eigenvalue weighted by atomic mass is 16.5. The van der Waals surface area contributed by atoms with E-state index in [0.29, 0.717) is 47.8 Å². The van der Waals surface area contributed by atoms with Crippen molar-refractivity contribution in [3.63, 3.8) is 0 Å². The number of fused-ring (bicyclic) bond motifs is 2. The van der Waals surface area contributed by atoms with Crippen molar-refractivity contribution in [3.05, 3.63) is 34.9 Å². The molecule has 0 bridgehead atoms. The third-order valence-corrected chi connectivity index (χ3v) is 5.45. The molecular weight excluding hydrogens is 358 g/mol. The predicted octanol–water partition coefficient (Wildman–Crippen LogP) is 2.38. The summed E-state index contributed by atoms with van der Waals surface area (Å²) in [4.78, 5) is 16.9. The predicted molar refractivity (Wildman–Crippen MR) is 108 cm³/mol. The van der Waals surface area contributed by atoms with Crippen LogP contribution in [0.5, 0.6) is 17.2 Å². The molecule has 2 aliphatic rings. The van der Waals surface area contributed by atoms with E-state index < -0.39 is 0 Å². The van der Waals surface area contributed by atoms with Gasteiger partial charge < -0.3 is 25.8 Å². The average molecular weight is 385 g/mol. The lowest BCUT2D eigenvalue weighted by atomic mass is 9.86. The van der Waals surface area contributed by atoms with E-state index in [1.807, 2.05) is 25.2 Å². The van der Waals surface area contributed by atoms with Crippen molar-refractivity contribution < 1.29 is 9.47 Å². The van der Waals surface area contributed by atoms with E-state index in [9.17, 15) is 4.79 Å². The molecule has 4 N–H and O–H groups in total. The van der Waals surface area contributed by atoms with Gasteiger partial charge in [0.2, 0.25) is 0 Å². The summed E-state index contributed by atoms with van der Waals surface area (Å²) in [5.41, 5.74) is 5.94. The van der Waals surface area contributed by atoms with Gasteiger partial charge in [0, 0.05) is 12.6 Å². The van der Waals surface area contributed by atoms with E-state index in [1.54, 1.807) is 10.8 Å². The van der Waals surface area contributed by atoms with Gasteiger partial charge in [-0.1, -0.05) is 6.07 Å². The molecule has 1 aliphatic carbocycles. The van der Waals surface area contributed by atoms with E-state index in [0.717, 1.165) is 32.2 Å². The first-order valence-corrected chi connectivity index (χ1v) is 9.88. The zero-order chi connectivity index (χ0) is 19.5. The van der Waals surface area contributed by atoms with Crippen LogP contribution in [0.15, 0.2) is 29.2 Å². The Morgan fingerprint density at radius 2 is 2.14 bits per heavy atom. The van der Waals surface area contributed by atoms with Gasteiger partial charge in [-0.05, 0) is 57.3 Å². The number of nitrogens with one attached hydrogen (secondary N) is 2. The summed E-state index contributed by atoms with van der Waals surface area (Å²) in [7, 11) is 1.98. The van der Waals surface area contributed by atoms with E-state index in [2.05, 4.69) is 15.6 Å². The van der Waals surface area contributed by atoms with Crippen LogP contribution in [0.2, 0.25) is 0 Å². The molecule has 0 atom stereocenters. The summed E-state index contributed by atoms with van der Waals surface area (Å²) in [5.74, 6) is 2.93. The van der Waals surface area contributed by atoms with Gasteiger partial charge in [-0.3, -0.25) is 4.57 Å². The van der Waals surface area contributed by atoms with Crippen LogP contribution in [-0.4, -0.2) is 36.3 Å². The lowest BCUT2D eigenvalue weighted by Crippen LogP contribution is -2.32. The number of rotatable bonds is 6. The van der Waals surface area contributed by atoms with Crippen molar-refractivity contribution in [3.8, 4) is 17.2 Å². The average Bonchev–Trinajstić information content (AvgIpc) is 2.71. The smallest absolute Gasteiger partial charge is 0.350 e. The topological polar surface area (TPSA) is 103 Å². The van der Waals surface area contributed by atoms with Crippen LogP contribution < -0.4 is 31.5 Å². The molecule has 2 heterocycles. The fourth-order valence-electron chi connectivity index (χ4n) is 4.04. The monoisotopic (exact) mass is 385 g/mol. The molecule has 1 aliphatic heterocycles. The first-order chi connectivity index (χ1) is 13.7. The quantitative estimate of drug-likeness (QED) is 0.598. The number of nitrogens with two attached hydrogens (primary N) is 1. The number of para-hydroxylation sites is 1. The van der Waals surface area contributed by atoms with Gasteiger partial charge in [0.05, 0.1) is 6.20 Å². The minimum Gasteiger partial charge on any atom is -0.490 e. The molecule has 0 spiro atoms. The van der Waals surface area contributed by atoms with Crippen LogP contribution in [0.3, 0.4) is 0 Å². The van der Waals surface area contributed by atoms with E-state index in [4.69, 9.17) is 15.2 Å². The van der Waals surface area contributed by atoms with Crippen LogP contribution in [0.25, 0.3) is 0 Å². The van der Waals surface area contributed by atoms with Crippen molar-refractivity contribution in [1.82, 2.24) is 14.9 Å². The molecule has 1 fully saturated rings. The number of nitrogens with zero attached hydrogens (tertiary/aromatic N) is 2. The molecule has 8 heteroatoms. The van der Waals surface area contributed by atoms with Gasteiger partial charge in [-0.25, -0.2) is 4.79 Å². The molecule has 150 valence electrons. The van der Waals surface area contributed by atoms with E-state index in [-0.39, 0.29) is 11.7 Å². The molecule has 0 unspecified atom stereocenters. The normalized spacial score (nSPS) is 20.5. The number of anilines is 2. The van der Waals surface area contributed by atoms with Crippen molar-refractivity contribution in [1.29, 1.82) is 0 Å². The molecule has 0 radical (unpaired) electrons. The Balaban J connectivity index is 1.56. The summed E-state index contributed by atoms with van der Waals surface area (Å²) < 4.78 is 13.4. The Kier molecular flexibility index (Phi) is 5.50. The van der Waals surface area contributed by atoms with E-state index >= 15 is 0 Å². The summed E-state index contributed by atoms with van der Waals surface area (Å²) in [6, 6.07) is 5.73. The largest absolute Gasteiger partial charge is 0.490 e. The zero-order valence-electron chi connectivity index (χ0n) is 16.1. The molecule has 1 saturated carbocycles. The first kappa shape index (κ1) is 18.8. The minimum atomic E-state index is -0.254. The van der Waals surface area contributed by atoms with Crippen LogP contribution >= 0.6 is 0 Å². The summed E-state index contributed by atoms with van der Waals surface area (Å²) >= 11 is 0. The van der Waals surface area contributed by atoms with Crippen molar-refractivity contribution in [2.24, 2.45) is 11.7 Å². The summed E-state index contributed by atoms with van der Waals surface area (Å²) in [6.07, 6.45) is 5.97. The standard InChI is InChI=1S/C20H27N5O3/c1-22-11-13-5-7-14(8-6-13)25-12-17-19(24-20(25)26)23-18-15(27-10-9-21)3-2-4-16(18)28-17/h2-4,12-14,22H,5-11,21H2,1H3,(H,23,24,26). The SMILES string of the molecule is CNCC1CCC(n2cc3c(nc2=O)Nc2c(OCCN)cccc2O3)CC1. The molecule has 28 heavy (non-hydrogen) atoms. The van der Waals surface area contributed by atoms with Crippen molar-refractivity contribution in [2.45, 2.75) is 31.7 Å². The van der Waals surface area contributed by atoms with Gasteiger partial charge in [-0.15, -0.1) is 0 Å². The van der Waals surface area contributed by atoms with Gasteiger partial charge in [0.1, 0.15) is 18.0 Å². The third kappa shape index (κ3) is 3.70. The highest BCUT2D eigenvalue weighted by molar-refractivity contribution is 5.77. The molecule has 0 amide bonds. The molecule has 1 aromatic heterocycles. The second-order valence-electron chi connectivity index (χ2n) is 7.37. The fraction of sp³-hybridized carbons (Fsp3) is 0.500. The lowest BCUT2D eigenvalue weighted by molar-refractivity contribution is 0.264. The molecule has 2 aromatic rings. The third-order valence-electron chi connectivity index (χ3n) is 5.45. The number of aromatic nitrogens is 2. The molecule has 4 rings (SSSR count). The maximum Gasteiger partial charge on any atom is 0.350 e. The fourth-order valence-corrected chi connectivity index (χ4v) is 4.04. The van der Waals surface area contributed by atoms with Gasteiger partial charge >= 0.3 is 5.69 Å². The first-order valence-electron chi connectivity index (χ1n) is 9.88. The Labute approximate surface area is 164 Å². The van der Waals surface area contributed by atoms with Crippen molar-refractivity contribution >= 4 is 11.5 Å². The van der Waals surface area contributed by atoms with Crippen LogP contribution in [0.1, 0.15) is 31.7 Å². The van der Waals surface area contributed by atoms with Gasteiger partial charge in [0.15, 0.2) is 17.3 Å². The number of benzene rings is 1. The summed E-state index contributed by atoms with van der Waals surface area (Å²) in [6.45, 7) is 1.85. The van der Waals surface area contributed by atoms with Crippen LogP contribution in [0.4, 0.5) is 11.5 Å². The lowest BCUT2D eigenvalue weighted by Gasteiger charge is -2.30.